The molecule has 7 heavy (non-hydrogen) atoms. The Bertz CT molecular complexity index is 37.1. The summed E-state index contributed by atoms with van der Waals surface area (Å²) >= 11 is 0. The van der Waals surface area contributed by atoms with Crippen LogP contribution in [0.1, 0.15) is 6.92 Å². The van der Waals surface area contributed by atoms with Gasteiger partial charge in [0.1, 0.15) is 0 Å². The molecule has 0 rings (SSSR count). The van der Waals surface area contributed by atoms with Crippen LogP contribution < -0.4 is 0 Å². The van der Waals surface area contributed by atoms with Crippen molar-refractivity contribution >= 4 is 0 Å². The monoisotopic (exact) mass is 103 g/mol. The van der Waals surface area contributed by atoms with Gasteiger partial charge in [0, 0.05) is 13.7 Å². The summed E-state index contributed by atoms with van der Waals surface area (Å²) in [5.74, 6) is 0. The predicted octanol–water partition coefficient (Wildman–Crippen LogP) is 0.829. The number of rotatable bonds is 3. The quantitative estimate of drug-likeness (QED) is 0.492. The molecule has 0 aliphatic carbocycles. The van der Waals surface area contributed by atoms with Gasteiger partial charge < -0.3 is 9.47 Å². The van der Waals surface area contributed by atoms with Crippen LogP contribution in [0.3, 0.4) is 0 Å². The Kier molecular flexibility index (Phi) is 4.04. The molecule has 0 saturated heterocycles. The van der Waals surface area contributed by atoms with E-state index in [-0.39, 0.29) is 6.29 Å². The predicted molar refractivity (Wildman–Crippen MR) is 27.8 cm³/mol. The molecule has 1 unspecified atom stereocenters. The second-order valence-corrected chi connectivity index (χ2v) is 1.17. The third kappa shape index (κ3) is 3.76. The van der Waals surface area contributed by atoms with Crippen molar-refractivity contribution in [1.29, 1.82) is 0 Å². The smallest absolute Gasteiger partial charge is 0.154 e. The summed E-state index contributed by atoms with van der Waals surface area (Å²) in [4.78, 5) is 0. The molecule has 0 aliphatic rings. The fraction of sp³-hybridized carbons (Fsp3) is 0.800. The second-order valence-electron chi connectivity index (χ2n) is 1.17. The fourth-order valence-electron chi connectivity index (χ4n) is 0.234. The van der Waals surface area contributed by atoms with Crippen LogP contribution in [0.5, 0.6) is 0 Å². The molecule has 0 amide bonds. The van der Waals surface area contributed by atoms with Crippen LogP contribution in [-0.4, -0.2) is 20.0 Å². The summed E-state index contributed by atoms with van der Waals surface area (Å²) < 4.78 is 9.59. The third-order valence-corrected chi connectivity index (χ3v) is 0.684. The van der Waals surface area contributed by atoms with Gasteiger partial charge in [0.15, 0.2) is 6.29 Å². The van der Waals surface area contributed by atoms with Crippen molar-refractivity contribution in [3.05, 3.63) is 6.92 Å². The van der Waals surface area contributed by atoms with E-state index in [9.17, 15) is 0 Å². The number of hydrogen-bond donors (Lipinski definition) is 0. The first-order valence-electron chi connectivity index (χ1n) is 2.25. The van der Waals surface area contributed by atoms with Gasteiger partial charge in [0.25, 0.3) is 0 Å². The highest BCUT2D eigenvalue weighted by Crippen LogP contribution is 1.86. The van der Waals surface area contributed by atoms with E-state index in [1.165, 1.54) is 0 Å². The summed E-state index contributed by atoms with van der Waals surface area (Å²) in [5, 5.41) is 0. The van der Waals surface area contributed by atoms with Gasteiger partial charge in [-0.25, -0.2) is 0 Å². The van der Waals surface area contributed by atoms with Crippen molar-refractivity contribution in [1.82, 2.24) is 0 Å². The average Bonchev–Trinajstić information content (AvgIpc) is 1.68. The van der Waals surface area contributed by atoms with E-state index in [2.05, 4.69) is 6.92 Å². The number of hydrogen-bond acceptors (Lipinski definition) is 2. The molecule has 0 fully saturated rings. The van der Waals surface area contributed by atoms with Crippen LogP contribution in [-0.2, 0) is 9.47 Å². The van der Waals surface area contributed by atoms with Gasteiger partial charge in [-0.2, -0.15) is 0 Å². The van der Waals surface area contributed by atoms with Crippen molar-refractivity contribution < 1.29 is 9.47 Å². The highest BCUT2D eigenvalue weighted by Gasteiger charge is 1.91. The molecular formula is C5H11O2. The second kappa shape index (κ2) is 4.09. The van der Waals surface area contributed by atoms with Gasteiger partial charge in [-0.3, -0.25) is 0 Å². The highest BCUT2D eigenvalue weighted by atomic mass is 16.7. The molecule has 0 spiro atoms. The van der Waals surface area contributed by atoms with Crippen LogP contribution in [0, 0.1) is 6.92 Å². The topological polar surface area (TPSA) is 18.5 Å². The van der Waals surface area contributed by atoms with Crippen molar-refractivity contribution in [3.8, 4) is 0 Å². The molecule has 2 nitrogen and oxygen atoms in total. The molecule has 2 heteroatoms. The van der Waals surface area contributed by atoms with Gasteiger partial charge in [0.2, 0.25) is 0 Å². The Morgan fingerprint density at radius 2 is 2.29 bits per heavy atom. The standard InChI is InChI=1S/C5H11O2/c1-4-7-5(2)6-3/h5H,1,4H2,2-3H3. The zero-order chi connectivity index (χ0) is 5.70. The van der Waals surface area contributed by atoms with E-state index in [0.29, 0.717) is 6.61 Å². The average molecular weight is 103 g/mol. The van der Waals surface area contributed by atoms with Gasteiger partial charge in [-0.15, -0.1) is 0 Å². The minimum absolute atomic E-state index is 0.113. The first-order valence-corrected chi connectivity index (χ1v) is 2.25. The maximum absolute atomic E-state index is 4.86. The van der Waals surface area contributed by atoms with Crippen LogP contribution in [0.4, 0.5) is 0 Å². The summed E-state index contributed by atoms with van der Waals surface area (Å²) in [5.41, 5.74) is 0. The minimum Gasteiger partial charge on any atom is -0.356 e. The van der Waals surface area contributed by atoms with E-state index in [1.807, 2.05) is 6.92 Å². The highest BCUT2D eigenvalue weighted by molar-refractivity contribution is 4.31. The van der Waals surface area contributed by atoms with E-state index in [0.717, 1.165) is 0 Å². The molecule has 0 aromatic heterocycles. The molecule has 1 atom stereocenters. The minimum atomic E-state index is -0.113. The SMILES string of the molecule is [CH2]COC(C)OC. The van der Waals surface area contributed by atoms with Crippen molar-refractivity contribution in [2.24, 2.45) is 0 Å². The van der Waals surface area contributed by atoms with Gasteiger partial charge in [0.05, 0.1) is 0 Å². The van der Waals surface area contributed by atoms with Crippen molar-refractivity contribution in [2.45, 2.75) is 13.2 Å². The van der Waals surface area contributed by atoms with E-state index < -0.39 is 0 Å². The largest absolute Gasteiger partial charge is 0.356 e. The fourth-order valence-corrected chi connectivity index (χ4v) is 0.234. The van der Waals surface area contributed by atoms with Crippen molar-refractivity contribution in [3.63, 3.8) is 0 Å². The zero-order valence-corrected chi connectivity index (χ0v) is 4.81. The maximum atomic E-state index is 4.86. The molecule has 1 radical (unpaired) electrons. The number of methoxy groups -OCH3 is 1. The Balaban J connectivity index is 2.83. The molecule has 0 aromatic carbocycles. The van der Waals surface area contributed by atoms with Crippen LogP contribution in [0.2, 0.25) is 0 Å². The number of ether oxygens (including phenoxy) is 2. The lowest BCUT2D eigenvalue weighted by Crippen LogP contribution is -2.09. The maximum Gasteiger partial charge on any atom is 0.154 e. The molecular weight excluding hydrogens is 92.1 g/mol. The molecule has 0 bridgehead atoms. The molecule has 43 valence electrons. The Labute approximate surface area is 44.4 Å². The van der Waals surface area contributed by atoms with Gasteiger partial charge >= 0.3 is 0 Å². The Morgan fingerprint density at radius 1 is 1.71 bits per heavy atom. The summed E-state index contributed by atoms with van der Waals surface area (Å²) in [6.07, 6.45) is -0.113. The Hall–Kier alpha value is -0.0800. The zero-order valence-electron chi connectivity index (χ0n) is 4.81. The van der Waals surface area contributed by atoms with Crippen LogP contribution >= 0.6 is 0 Å². The lowest BCUT2D eigenvalue weighted by Gasteiger charge is -2.06. The first kappa shape index (κ1) is 6.92. The normalized spacial score (nSPS) is 14.1. The summed E-state index contributed by atoms with van der Waals surface area (Å²) in [7, 11) is 1.60. The summed E-state index contributed by atoms with van der Waals surface area (Å²) in [6, 6.07) is 0. The van der Waals surface area contributed by atoms with Crippen LogP contribution in [0.15, 0.2) is 0 Å². The van der Waals surface area contributed by atoms with E-state index in [4.69, 9.17) is 9.47 Å². The lowest BCUT2D eigenvalue weighted by atomic mass is 10.7. The lowest BCUT2D eigenvalue weighted by molar-refractivity contribution is -0.102. The summed E-state index contributed by atoms with van der Waals surface area (Å²) in [6.45, 7) is 5.76. The molecule has 0 N–H and O–H groups in total. The van der Waals surface area contributed by atoms with Gasteiger partial charge in [-0.05, 0) is 13.8 Å². The Morgan fingerprint density at radius 3 is 2.43 bits per heavy atom. The molecule has 0 saturated carbocycles. The molecule has 0 aliphatic heterocycles. The third-order valence-electron chi connectivity index (χ3n) is 0.684. The van der Waals surface area contributed by atoms with Crippen LogP contribution in [0.25, 0.3) is 0 Å². The van der Waals surface area contributed by atoms with E-state index in [1.54, 1.807) is 7.11 Å². The van der Waals surface area contributed by atoms with Crippen molar-refractivity contribution in [2.75, 3.05) is 13.7 Å². The molecule has 0 heterocycles. The first-order chi connectivity index (χ1) is 3.31. The molecule has 0 aromatic rings. The van der Waals surface area contributed by atoms with Gasteiger partial charge in [-0.1, -0.05) is 0 Å². The van der Waals surface area contributed by atoms with E-state index >= 15 is 0 Å².